The summed E-state index contributed by atoms with van der Waals surface area (Å²) >= 11 is 5.95. The number of rotatable bonds is 8. The van der Waals surface area contributed by atoms with Gasteiger partial charge in [-0.25, -0.2) is 0 Å². The van der Waals surface area contributed by atoms with Crippen LogP contribution in [0.5, 0.6) is 5.75 Å². The predicted molar refractivity (Wildman–Crippen MR) is 95.0 cm³/mol. The smallest absolute Gasteiger partial charge is 0.122 e. The molecule has 1 aromatic rings. The van der Waals surface area contributed by atoms with E-state index in [0.717, 1.165) is 35.3 Å². The number of benzene rings is 1. The Bertz CT molecular complexity index is 441. The van der Waals surface area contributed by atoms with E-state index in [9.17, 15) is 0 Å². The molecule has 0 unspecified atom stereocenters. The summed E-state index contributed by atoms with van der Waals surface area (Å²) in [5.41, 5.74) is 1.12. The Kier molecular flexibility index (Phi) is 7.54. The molecule has 0 aromatic heterocycles. The third-order valence-corrected chi connectivity index (χ3v) is 4.87. The van der Waals surface area contributed by atoms with E-state index < -0.39 is 0 Å². The second kappa shape index (κ2) is 9.42. The van der Waals surface area contributed by atoms with Crippen LogP contribution in [-0.4, -0.2) is 31.1 Å². The molecule has 1 saturated heterocycles. The topological polar surface area (TPSA) is 12.5 Å². The quantitative estimate of drug-likeness (QED) is 0.600. The van der Waals surface area contributed by atoms with Crippen molar-refractivity contribution in [1.29, 1.82) is 0 Å². The van der Waals surface area contributed by atoms with Gasteiger partial charge in [0, 0.05) is 5.02 Å². The van der Waals surface area contributed by atoms with Crippen LogP contribution in [0.25, 0.3) is 0 Å². The molecule has 0 atom stereocenters. The molecule has 0 bridgehead atoms. The van der Waals surface area contributed by atoms with E-state index in [1.165, 1.54) is 51.7 Å². The SMILES string of the molecule is Cc1cc(Cl)ccc1OCCCCCCN1CCC(C)CC1. The minimum absolute atomic E-state index is 0.775. The Morgan fingerprint density at radius 1 is 1.14 bits per heavy atom. The first kappa shape index (κ1) is 17.6. The first-order valence-electron chi connectivity index (χ1n) is 8.76. The molecule has 22 heavy (non-hydrogen) atoms. The van der Waals surface area contributed by atoms with Crippen molar-refractivity contribution in [3.63, 3.8) is 0 Å². The molecule has 0 saturated carbocycles. The van der Waals surface area contributed by atoms with Crippen molar-refractivity contribution in [2.75, 3.05) is 26.2 Å². The zero-order chi connectivity index (χ0) is 15.8. The minimum atomic E-state index is 0.775. The van der Waals surface area contributed by atoms with Crippen molar-refractivity contribution in [3.05, 3.63) is 28.8 Å². The van der Waals surface area contributed by atoms with Crippen molar-refractivity contribution in [1.82, 2.24) is 4.90 Å². The van der Waals surface area contributed by atoms with E-state index in [-0.39, 0.29) is 0 Å². The van der Waals surface area contributed by atoms with Gasteiger partial charge in [0.25, 0.3) is 0 Å². The van der Waals surface area contributed by atoms with E-state index in [2.05, 4.69) is 11.8 Å². The van der Waals surface area contributed by atoms with Gasteiger partial charge in [-0.2, -0.15) is 0 Å². The molecule has 1 aromatic carbocycles. The van der Waals surface area contributed by atoms with E-state index in [1.807, 2.05) is 25.1 Å². The van der Waals surface area contributed by atoms with Crippen LogP contribution in [0.3, 0.4) is 0 Å². The fraction of sp³-hybridized carbons (Fsp3) is 0.684. The van der Waals surface area contributed by atoms with Crippen LogP contribution in [-0.2, 0) is 0 Å². The van der Waals surface area contributed by atoms with Crippen LogP contribution in [0.15, 0.2) is 18.2 Å². The van der Waals surface area contributed by atoms with Gasteiger partial charge < -0.3 is 9.64 Å². The lowest BCUT2D eigenvalue weighted by atomic mass is 9.99. The number of likely N-dealkylation sites (tertiary alicyclic amines) is 1. The van der Waals surface area contributed by atoms with Gasteiger partial charge in [-0.05, 0) is 81.9 Å². The molecule has 1 heterocycles. The van der Waals surface area contributed by atoms with E-state index in [0.29, 0.717) is 0 Å². The van der Waals surface area contributed by atoms with Gasteiger partial charge in [-0.1, -0.05) is 31.4 Å². The summed E-state index contributed by atoms with van der Waals surface area (Å²) in [5, 5.41) is 0.775. The first-order chi connectivity index (χ1) is 10.6. The molecular formula is C19H30ClNO. The maximum atomic E-state index is 5.95. The van der Waals surface area contributed by atoms with Crippen molar-refractivity contribution in [3.8, 4) is 5.75 Å². The fourth-order valence-electron chi connectivity index (χ4n) is 3.03. The highest BCUT2D eigenvalue weighted by Gasteiger charge is 2.14. The molecule has 0 spiro atoms. The van der Waals surface area contributed by atoms with E-state index in [4.69, 9.17) is 16.3 Å². The number of unbranched alkanes of at least 4 members (excludes halogenated alkanes) is 3. The molecule has 3 heteroatoms. The molecule has 0 N–H and O–H groups in total. The molecular weight excluding hydrogens is 294 g/mol. The molecule has 1 fully saturated rings. The van der Waals surface area contributed by atoms with Crippen LogP contribution in [0, 0.1) is 12.8 Å². The Labute approximate surface area is 140 Å². The molecule has 1 aliphatic rings. The number of aryl methyl sites for hydroxylation is 1. The van der Waals surface area contributed by atoms with Gasteiger partial charge >= 0.3 is 0 Å². The van der Waals surface area contributed by atoms with Gasteiger partial charge in [0.2, 0.25) is 0 Å². The summed E-state index contributed by atoms with van der Waals surface area (Å²) in [4.78, 5) is 2.63. The average Bonchev–Trinajstić information content (AvgIpc) is 2.50. The second-order valence-corrected chi connectivity index (χ2v) is 7.13. The highest BCUT2D eigenvalue weighted by molar-refractivity contribution is 6.30. The Morgan fingerprint density at radius 2 is 1.86 bits per heavy atom. The predicted octanol–water partition coefficient (Wildman–Crippen LogP) is 5.32. The van der Waals surface area contributed by atoms with Crippen LogP contribution in [0.4, 0.5) is 0 Å². The highest BCUT2D eigenvalue weighted by atomic mass is 35.5. The summed E-state index contributed by atoms with van der Waals surface area (Å²) in [7, 11) is 0. The highest BCUT2D eigenvalue weighted by Crippen LogP contribution is 2.22. The maximum absolute atomic E-state index is 5.95. The zero-order valence-electron chi connectivity index (χ0n) is 14.1. The number of hydrogen-bond acceptors (Lipinski definition) is 2. The normalized spacial score (nSPS) is 16.9. The molecule has 124 valence electrons. The van der Waals surface area contributed by atoms with Gasteiger partial charge in [0.1, 0.15) is 5.75 Å². The lowest BCUT2D eigenvalue weighted by Gasteiger charge is -2.30. The van der Waals surface area contributed by atoms with Gasteiger partial charge in [-0.15, -0.1) is 0 Å². The zero-order valence-corrected chi connectivity index (χ0v) is 14.9. The Morgan fingerprint density at radius 3 is 2.59 bits per heavy atom. The molecule has 0 amide bonds. The molecule has 1 aliphatic heterocycles. The largest absolute Gasteiger partial charge is 0.493 e. The number of ether oxygens (including phenoxy) is 1. The van der Waals surface area contributed by atoms with Gasteiger partial charge in [0.15, 0.2) is 0 Å². The molecule has 0 radical (unpaired) electrons. The number of piperidine rings is 1. The monoisotopic (exact) mass is 323 g/mol. The maximum Gasteiger partial charge on any atom is 0.122 e. The number of hydrogen-bond donors (Lipinski definition) is 0. The summed E-state index contributed by atoms with van der Waals surface area (Å²) in [6.07, 6.45) is 7.81. The Hall–Kier alpha value is -0.730. The molecule has 2 nitrogen and oxygen atoms in total. The van der Waals surface area contributed by atoms with Crippen molar-refractivity contribution >= 4 is 11.6 Å². The van der Waals surface area contributed by atoms with Crippen LogP contribution in [0.1, 0.15) is 51.0 Å². The summed E-state index contributed by atoms with van der Waals surface area (Å²) in [6.45, 7) is 9.12. The van der Waals surface area contributed by atoms with E-state index in [1.54, 1.807) is 0 Å². The number of halogens is 1. The van der Waals surface area contributed by atoms with Crippen LogP contribution < -0.4 is 4.74 Å². The van der Waals surface area contributed by atoms with Crippen molar-refractivity contribution in [2.24, 2.45) is 5.92 Å². The third-order valence-electron chi connectivity index (χ3n) is 4.64. The summed E-state index contributed by atoms with van der Waals surface area (Å²) < 4.78 is 5.83. The first-order valence-corrected chi connectivity index (χ1v) is 9.14. The van der Waals surface area contributed by atoms with Crippen molar-refractivity contribution in [2.45, 2.75) is 52.4 Å². The molecule has 0 aliphatic carbocycles. The van der Waals surface area contributed by atoms with Crippen LogP contribution >= 0.6 is 11.6 Å². The lowest BCUT2D eigenvalue weighted by molar-refractivity contribution is 0.188. The van der Waals surface area contributed by atoms with Gasteiger partial charge in [0.05, 0.1) is 6.61 Å². The van der Waals surface area contributed by atoms with Gasteiger partial charge in [-0.3, -0.25) is 0 Å². The average molecular weight is 324 g/mol. The molecule has 2 rings (SSSR count). The second-order valence-electron chi connectivity index (χ2n) is 6.70. The summed E-state index contributed by atoms with van der Waals surface area (Å²) in [6, 6.07) is 5.81. The van der Waals surface area contributed by atoms with E-state index >= 15 is 0 Å². The van der Waals surface area contributed by atoms with Crippen molar-refractivity contribution < 1.29 is 4.74 Å². The standard InChI is InChI=1S/C19H30ClNO/c1-16-9-12-21(13-10-16)11-5-3-4-6-14-22-19-8-7-18(20)15-17(19)2/h7-8,15-16H,3-6,9-14H2,1-2H3. The third kappa shape index (κ3) is 6.18. The fourth-order valence-corrected chi connectivity index (χ4v) is 3.26. The Balaban J connectivity index is 1.49. The number of nitrogens with zero attached hydrogens (tertiary/aromatic N) is 1. The van der Waals surface area contributed by atoms with Crippen LogP contribution in [0.2, 0.25) is 5.02 Å². The lowest BCUT2D eigenvalue weighted by Crippen LogP contribution is -2.33. The minimum Gasteiger partial charge on any atom is -0.493 e. The summed E-state index contributed by atoms with van der Waals surface area (Å²) in [5.74, 6) is 1.90.